The van der Waals surface area contributed by atoms with Gasteiger partial charge in [-0.3, -0.25) is 0 Å². The number of hydrogen-bond donors (Lipinski definition) is 1. The van der Waals surface area contributed by atoms with Gasteiger partial charge in [-0.1, -0.05) is 35.0 Å². The molecule has 0 aromatic heterocycles. The van der Waals surface area contributed by atoms with Crippen LogP contribution < -0.4 is 10.5 Å². The van der Waals surface area contributed by atoms with Crippen molar-refractivity contribution < 1.29 is 9.13 Å². The predicted octanol–water partition coefficient (Wildman–Crippen LogP) is 4.87. The molecule has 0 saturated carbocycles. The van der Waals surface area contributed by atoms with E-state index < -0.39 is 5.82 Å². The summed E-state index contributed by atoms with van der Waals surface area (Å²) in [6, 6.07) is 7.88. The van der Waals surface area contributed by atoms with Crippen molar-refractivity contribution in [3.63, 3.8) is 0 Å². The Morgan fingerprint density at radius 3 is 2.58 bits per heavy atom. The second kappa shape index (κ2) is 5.90. The lowest BCUT2D eigenvalue weighted by Gasteiger charge is -2.10. The van der Waals surface area contributed by atoms with Gasteiger partial charge in [-0.15, -0.1) is 0 Å². The van der Waals surface area contributed by atoms with Gasteiger partial charge in [0.15, 0.2) is 11.6 Å². The Balaban J connectivity index is 2.40. The minimum absolute atomic E-state index is 0.134. The van der Waals surface area contributed by atoms with Crippen LogP contribution in [-0.2, 0) is 0 Å². The SMILES string of the molecule is COc1cc(Sc2cc(Cl)ccc2Cl)c(N)cc1F. The van der Waals surface area contributed by atoms with Crippen LogP contribution in [0.2, 0.25) is 10.0 Å². The first-order valence-corrected chi connectivity index (χ1v) is 6.84. The molecule has 0 fully saturated rings. The van der Waals surface area contributed by atoms with Crippen molar-refractivity contribution in [1.29, 1.82) is 0 Å². The van der Waals surface area contributed by atoms with Crippen LogP contribution in [0.1, 0.15) is 0 Å². The molecular weight excluding hydrogens is 308 g/mol. The molecule has 0 aliphatic rings. The maximum atomic E-state index is 13.5. The minimum atomic E-state index is -0.499. The van der Waals surface area contributed by atoms with Gasteiger partial charge in [0.25, 0.3) is 0 Å². The molecule has 0 aliphatic heterocycles. The topological polar surface area (TPSA) is 35.2 Å². The van der Waals surface area contributed by atoms with Crippen molar-refractivity contribution in [2.24, 2.45) is 0 Å². The number of halogens is 3. The lowest BCUT2D eigenvalue weighted by Crippen LogP contribution is -1.94. The fourth-order valence-electron chi connectivity index (χ4n) is 1.47. The second-order valence-electron chi connectivity index (χ2n) is 3.70. The van der Waals surface area contributed by atoms with Crippen molar-refractivity contribution in [3.8, 4) is 5.75 Å². The molecular formula is C13H10Cl2FNOS. The van der Waals surface area contributed by atoms with Crippen LogP contribution in [0.15, 0.2) is 40.1 Å². The van der Waals surface area contributed by atoms with Crippen molar-refractivity contribution >= 4 is 40.7 Å². The number of ether oxygens (including phenoxy) is 1. The summed E-state index contributed by atoms with van der Waals surface area (Å²) in [5.41, 5.74) is 6.11. The smallest absolute Gasteiger partial charge is 0.167 e. The molecule has 2 N–H and O–H groups in total. The van der Waals surface area contributed by atoms with Gasteiger partial charge in [0.1, 0.15) is 0 Å². The van der Waals surface area contributed by atoms with E-state index in [0.29, 0.717) is 20.6 Å². The number of nitrogens with two attached hydrogens (primary N) is 1. The van der Waals surface area contributed by atoms with Crippen LogP contribution in [0, 0.1) is 5.82 Å². The highest BCUT2D eigenvalue weighted by atomic mass is 35.5. The van der Waals surface area contributed by atoms with E-state index in [9.17, 15) is 4.39 Å². The number of methoxy groups -OCH3 is 1. The van der Waals surface area contributed by atoms with Gasteiger partial charge < -0.3 is 10.5 Å². The Hall–Kier alpha value is -1.10. The number of hydrogen-bond acceptors (Lipinski definition) is 3. The Kier molecular flexibility index (Phi) is 4.45. The summed E-state index contributed by atoms with van der Waals surface area (Å²) in [7, 11) is 1.40. The molecule has 19 heavy (non-hydrogen) atoms. The molecule has 0 unspecified atom stereocenters. The minimum Gasteiger partial charge on any atom is -0.494 e. The van der Waals surface area contributed by atoms with Crippen LogP contribution >= 0.6 is 35.0 Å². The normalized spacial score (nSPS) is 10.5. The summed E-state index contributed by atoms with van der Waals surface area (Å²) >= 11 is 13.3. The molecule has 0 saturated heterocycles. The van der Waals surface area contributed by atoms with Gasteiger partial charge in [0.2, 0.25) is 0 Å². The highest BCUT2D eigenvalue weighted by Crippen LogP contribution is 2.39. The molecule has 0 amide bonds. The molecule has 0 atom stereocenters. The van der Waals surface area contributed by atoms with Gasteiger partial charge in [0, 0.05) is 26.6 Å². The summed E-state index contributed by atoms with van der Waals surface area (Å²) in [6.07, 6.45) is 0. The van der Waals surface area contributed by atoms with E-state index in [2.05, 4.69) is 0 Å². The van der Waals surface area contributed by atoms with E-state index in [1.54, 1.807) is 18.2 Å². The highest BCUT2D eigenvalue weighted by molar-refractivity contribution is 7.99. The quantitative estimate of drug-likeness (QED) is 0.820. The van der Waals surface area contributed by atoms with Crippen LogP contribution in [-0.4, -0.2) is 7.11 Å². The average Bonchev–Trinajstić information content (AvgIpc) is 2.37. The van der Waals surface area contributed by atoms with E-state index >= 15 is 0 Å². The van der Waals surface area contributed by atoms with E-state index in [0.717, 1.165) is 4.90 Å². The predicted molar refractivity (Wildman–Crippen MR) is 77.9 cm³/mol. The summed E-state index contributed by atoms with van der Waals surface area (Å²) < 4.78 is 18.4. The lowest BCUT2D eigenvalue weighted by atomic mass is 10.3. The first-order valence-electron chi connectivity index (χ1n) is 5.27. The van der Waals surface area contributed by atoms with Gasteiger partial charge in [0.05, 0.1) is 12.1 Å². The number of rotatable bonds is 3. The van der Waals surface area contributed by atoms with Crippen molar-refractivity contribution in [3.05, 3.63) is 46.2 Å². The zero-order chi connectivity index (χ0) is 14.0. The first kappa shape index (κ1) is 14.3. The summed E-state index contributed by atoms with van der Waals surface area (Å²) in [4.78, 5) is 1.40. The molecule has 0 heterocycles. The number of anilines is 1. The van der Waals surface area contributed by atoms with Gasteiger partial charge in [-0.25, -0.2) is 4.39 Å². The highest BCUT2D eigenvalue weighted by Gasteiger charge is 2.11. The summed E-state index contributed by atoms with van der Waals surface area (Å²) in [5, 5.41) is 1.12. The molecule has 2 aromatic rings. The van der Waals surface area contributed by atoms with Crippen molar-refractivity contribution in [1.82, 2.24) is 0 Å². The van der Waals surface area contributed by atoms with Gasteiger partial charge >= 0.3 is 0 Å². The Morgan fingerprint density at radius 1 is 1.16 bits per heavy atom. The van der Waals surface area contributed by atoms with Crippen molar-refractivity contribution in [2.75, 3.05) is 12.8 Å². The molecule has 0 bridgehead atoms. The third-order valence-corrected chi connectivity index (χ3v) is 4.21. The van der Waals surface area contributed by atoms with Crippen molar-refractivity contribution in [2.45, 2.75) is 9.79 Å². The summed E-state index contributed by atoms with van der Waals surface area (Å²) in [6.45, 7) is 0. The zero-order valence-corrected chi connectivity index (χ0v) is 12.2. The van der Waals surface area contributed by atoms with E-state index in [4.69, 9.17) is 33.7 Å². The van der Waals surface area contributed by atoms with Crippen LogP contribution in [0.3, 0.4) is 0 Å². The van der Waals surface area contributed by atoms with E-state index in [-0.39, 0.29) is 5.75 Å². The number of nitrogen functional groups attached to an aromatic ring is 1. The fraction of sp³-hybridized carbons (Fsp3) is 0.0769. The standard InChI is InChI=1S/C13H10Cl2FNOS/c1-18-11-6-13(10(17)5-9(11)16)19-12-4-7(14)2-3-8(12)15/h2-6H,17H2,1H3. The molecule has 2 rings (SSSR count). The molecule has 2 nitrogen and oxygen atoms in total. The largest absolute Gasteiger partial charge is 0.494 e. The van der Waals surface area contributed by atoms with Gasteiger partial charge in [-0.05, 0) is 24.3 Å². The lowest BCUT2D eigenvalue weighted by molar-refractivity contribution is 0.385. The zero-order valence-electron chi connectivity index (χ0n) is 9.91. The maximum Gasteiger partial charge on any atom is 0.167 e. The molecule has 0 aliphatic carbocycles. The average molecular weight is 318 g/mol. The second-order valence-corrected chi connectivity index (χ2v) is 5.63. The van der Waals surface area contributed by atoms with Gasteiger partial charge in [-0.2, -0.15) is 0 Å². The monoisotopic (exact) mass is 317 g/mol. The van der Waals surface area contributed by atoms with E-state index in [1.807, 2.05) is 0 Å². The number of benzene rings is 2. The van der Waals surface area contributed by atoms with Crippen LogP contribution in [0.4, 0.5) is 10.1 Å². The van der Waals surface area contributed by atoms with Crippen LogP contribution in [0.5, 0.6) is 5.75 Å². The third-order valence-electron chi connectivity index (χ3n) is 2.40. The molecule has 0 spiro atoms. The molecule has 100 valence electrons. The van der Waals surface area contributed by atoms with E-state index in [1.165, 1.54) is 31.0 Å². The molecule has 0 radical (unpaired) electrons. The first-order chi connectivity index (χ1) is 9.01. The Morgan fingerprint density at radius 2 is 1.89 bits per heavy atom. The third kappa shape index (κ3) is 3.26. The van der Waals surface area contributed by atoms with Crippen LogP contribution in [0.25, 0.3) is 0 Å². The summed E-state index contributed by atoms with van der Waals surface area (Å²) in [5.74, 6) is -0.364. The Labute approximate surface area is 124 Å². The fourth-order valence-corrected chi connectivity index (χ4v) is 2.87. The Bertz CT molecular complexity index is 622. The maximum absolute atomic E-state index is 13.5. The molecule has 6 heteroatoms. The molecule has 2 aromatic carbocycles.